The van der Waals surface area contributed by atoms with Gasteiger partial charge in [0.15, 0.2) is 0 Å². The molecule has 2 nitrogen and oxygen atoms in total. The normalized spacial score (nSPS) is 25.6. The lowest BCUT2D eigenvalue weighted by molar-refractivity contribution is 0.341. The SMILES string of the molecule is ClC1CC(CNc2ncccc2Br)C1. The molecule has 1 aliphatic carbocycles. The topological polar surface area (TPSA) is 24.9 Å². The van der Waals surface area contributed by atoms with Crippen LogP contribution in [-0.2, 0) is 0 Å². The first-order valence-corrected chi connectivity index (χ1v) is 5.97. The maximum absolute atomic E-state index is 5.90. The average molecular weight is 276 g/mol. The lowest BCUT2D eigenvalue weighted by Crippen LogP contribution is -2.30. The van der Waals surface area contributed by atoms with E-state index in [1.54, 1.807) is 6.20 Å². The monoisotopic (exact) mass is 274 g/mol. The van der Waals surface area contributed by atoms with E-state index in [1.165, 1.54) is 0 Å². The van der Waals surface area contributed by atoms with Crippen LogP contribution in [0.2, 0.25) is 0 Å². The largest absolute Gasteiger partial charge is 0.369 e. The van der Waals surface area contributed by atoms with Crippen LogP contribution >= 0.6 is 27.5 Å². The zero-order chi connectivity index (χ0) is 9.97. The highest BCUT2D eigenvalue weighted by Gasteiger charge is 2.26. The van der Waals surface area contributed by atoms with Crippen LogP contribution in [-0.4, -0.2) is 16.9 Å². The molecule has 0 radical (unpaired) electrons. The van der Waals surface area contributed by atoms with E-state index in [1.807, 2.05) is 12.1 Å². The van der Waals surface area contributed by atoms with E-state index in [9.17, 15) is 0 Å². The molecule has 1 saturated carbocycles. The van der Waals surface area contributed by atoms with E-state index >= 15 is 0 Å². The van der Waals surface area contributed by atoms with E-state index in [4.69, 9.17) is 11.6 Å². The highest BCUT2D eigenvalue weighted by atomic mass is 79.9. The van der Waals surface area contributed by atoms with Crippen LogP contribution in [0, 0.1) is 5.92 Å². The second kappa shape index (κ2) is 4.49. The van der Waals surface area contributed by atoms with Gasteiger partial charge in [-0.2, -0.15) is 0 Å². The van der Waals surface area contributed by atoms with Gasteiger partial charge in [0.05, 0.1) is 4.47 Å². The summed E-state index contributed by atoms with van der Waals surface area (Å²) in [5.74, 6) is 1.64. The summed E-state index contributed by atoms with van der Waals surface area (Å²) in [6, 6.07) is 3.90. The van der Waals surface area contributed by atoms with Gasteiger partial charge in [-0.3, -0.25) is 0 Å². The second-order valence-corrected chi connectivity index (χ2v) is 5.12. The molecule has 1 heterocycles. The molecule has 0 aliphatic heterocycles. The highest BCUT2D eigenvalue weighted by molar-refractivity contribution is 9.10. The average Bonchev–Trinajstić information content (AvgIpc) is 2.13. The van der Waals surface area contributed by atoms with Crippen LogP contribution in [0.3, 0.4) is 0 Å². The third kappa shape index (κ3) is 2.39. The van der Waals surface area contributed by atoms with Crippen molar-refractivity contribution >= 4 is 33.3 Å². The fourth-order valence-corrected chi connectivity index (χ4v) is 2.48. The number of alkyl halides is 1. The van der Waals surface area contributed by atoms with Crippen molar-refractivity contribution in [1.82, 2.24) is 4.98 Å². The van der Waals surface area contributed by atoms with Gasteiger partial charge in [0, 0.05) is 18.1 Å². The van der Waals surface area contributed by atoms with Crippen molar-refractivity contribution in [2.75, 3.05) is 11.9 Å². The number of aromatic nitrogens is 1. The Hall–Kier alpha value is -0.280. The van der Waals surface area contributed by atoms with Gasteiger partial charge in [0.2, 0.25) is 0 Å². The summed E-state index contributed by atoms with van der Waals surface area (Å²) in [6.07, 6.45) is 4.04. The van der Waals surface area contributed by atoms with Gasteiger partial charge in [-0.25, -0.2) is 4.98 Å². The fraction of sp³-hybridized carbons (Fsp3) is 0.500. The molecule has 0 atom stereocenters. The van der Waals surface area contributed by atoms with Gasteiger partial charge in [0.25, 0.3) is 0 Å². The molecule has 1 aromatic rings. The standard InChI is InChI=1S/C10H12BrClN2/c11-9-2-1-3-13-10(9)14-6-7-4-8(12)5-7/h1-3,7-8H,4-6H2,(H,13,14). The summed E-state index contributed by atoms with van der Waals surface area (Å²) < 4.78 is 1.02. The molecule has 1 aliphatic rings. The molecule has 0 aromatic carbocycles. The number of anilines is 1. The number of rotatable bonds is 3. The first-order valence-electron chi connectivity index (χ1n) is 4.74. The fourth-order valence-electron chi connectivity index (χ4n) is 1.58. The van der Waals surface area contributed by atoms with E-state index in [0.717, 1.165) is 29.7 Å². The van der Waals surface area contributed by atoms with Crippen LogP contribution in [0.25, 0.3) is 0 Å². The maximum Gasteiger partial charge on any atom is 0.140 e. The number of nitrogens with one attached hydrogen (secondary N) is 1. The van der Waals surface area contributed by atoms with Gasteiger partial charge < -0.3 is 5.32 Å². The Morgan fingerprint density at radius 2 is 2.36 bits per heavy atom. The van der Waals surface area contributed by atoms with E-state index < -0.39 is 0 Å². The predicted octanol–water partition coefficient (Wildman–Crippen LogP) is 3.27. The minimum absolute atomic E-state index is 0.397. The van der Waals surface area contributed by atoms with Crippen molar-refractivity contribution in [3.63, 3.8) is 0 Å². The smallest absolute Gasteiger partial charge is 0.140 e. The second-order valence-electron chi connectivity index (χ2n) is 3.65. The van der Waals surface area contributed by atoms with Gasteiger partial charge in [-0.05, 0) is 46.8 Å². The van der Waals surface area contributed by atoms with Crippen LogP contribution in [0.4, 0.5) is 5.82 Å². The molecule has 4 heteroatoms. The molecule has 2 rings (SSSR count). The first kappa shape index (κ1) is 10.2. The molecule has 0 unspecified atom stereocenters. The Morgan fingerprint density at radius 3 is 3.00 bits per heavy atom. The summed E-state index contributed by atoms with van der Waals surface area (Å²) >= 11 is 9.35. The lowest BCUT2D eigenvalue weighted by atomic mass is 9.85. The molecular weight excluding hydrogens is 263 g/mol. The molecule has 0 amide bonds. The summed E-state index contributed by atoms with van der Waals surface area (Å²) in [5, 5.41) is 3.72. The van der Waals surface area contributed by atoms with Gasteiger partial charge in [-0.15, -0.1) is 11.6 Å². The van der Waals surface area contributed by atoms with Crippen LogP contribution in [0.5, 0.6) is 0 Å². The Bertz CT molecular complexity index is 313. The van der Waals surface area contributed by atoms with Crippen molar-refractivity contribution in [3.05, 3.63) is 22.8 Å². The number of pyridine rings is 1. The summed E-state index contributed by atoms with van der Waals surface area (Å²) in [5.41, 5.74) is 0. The molecule has 14 heavy (non-hydrogen) atoms. The Kier molecular flexibility index (Phi) is 3.29. The van der Waals surface area contributed by atoms with Crippen LogP contribution in [0.1, 0.15) is 12.8 Å². The zero-order valence-electron chi connectivity index (χ0n) is 7.71. The highest BCUT2D eigenvalue weighted by Crippen LogP contribution is 2.32. The minimum atomic E-state index is 0.397. The number of nitrogens with zero attached hydrogens (tertiary/aromatic N) is 1. The molecule has 1 fully saturated rings. The van der Waals surface area contributed by atoms with Gasteiger partial charge >= 0.3 is 0 Å². The van der Waals surface area contributed by atoms with Gasteiger partial charge in [-0.1, -0.05) is 0 Å². The number of hydrogen-bond donors (Lipinski definition) is 1. The van der Waals surface area contributed by atoms with Crippen molar-refractivity contribution in [1.29, 1.82) is 0 Å². The van der Waals surface area contributed by atoms with E-state index in [2.05, 4.69) is 26.2 Å². The predicted molar refractivity (Wildman–Crippen MR) is 62.8 cm³/mol. The Labute approximate surface area is 97.2 Å². The molecular formula is C10H12BrClN2. The molecule has 76 valence electrons. The molecule has 1 aromatic heterocycles. The van der Waals surface area contributed by atoms with E-state index in [0.29, 0.717) is 11.3 Å². The maximum atomic E-state index is 5.90. The zero-order valence-corrected chi connectivity index (χ0v) is 10.1. The molecule has 1 N–H and O–H groups in total. The summed E-state index contributed by atoms with van der Waals surface area (Å²) in [7, 11) is 0. The molecule has 0 spiro atoms. The summed E-state index contributed by atoms with van der Waals surface area (Å²) in [6.45, 7) is 0.971. The van der Waals surface area contributed by atoms with Crippen LogP contribution in [0.15, 0.2) is 22.8 Å². The first-order chi connectivity index (χ1) is 6.75. The van der Waals surface area contributed by atoms with Crippen molar-refractivity contribution in [2.24, 2.45) is 5.92 Å². The molecule has 0 saturated heterocycles. The Balaban J connectivity index is 1.83. The van der Waals surface area contributed by atoms with E-state index in [-0.39, 0.29) is 0 Å². The molecule has 0 bridgehead atoms. The van der Waals surface area contributed by atoms with Crippen molar-refractivity contribution in [3.8, 4) is 0 Å². The van der Waals surface area contributed by atoms with Crippen molar-refractivity contribution in [2.45, 2.75) is 18.2 Å². The minimum Gasteiger partial charge on any atom is -0.369 e. The number of halogens is 2. The van der Waals surface area contributed by atoms with Crippen LogP contribution < -0.4 is 5.32 Å². The Morgan fingerprint density at radius 1 is 1.57 bits per heavy atom. The third-order valence-electron chi connectivity index (χ3n) is 2.49. The van der Waals surface area contributed by atoms with Crippen molar-refractivity contribution < 1.29 is 0 Å². The lowest BCUT2D eigenvalue weighted by Gasteiger charge is -2.31. The summed E-state index contributed by atoms with van der Waals surface area (Å²) in [4.78, 5) is 4.24. The van der Waals surface area contributed by atoms with Gasteiger partial charge in [0.1, 0.15) is 5.82 Å². The third-order valence-corrected chi connectivity index (χ3v) is 3.49. The quantitative estimate of drug-likeness (QED) is 0.857. The number of hydrogen-bond acceptors (Lipinski definition) is 2.